The number of hydrogen-bond acceptors (Lipinski definition) is 3. The van der Waals surface area contributed by atoms with Crippen LogP contribution in [-0.4, -0.2) is 5.91 Å². The van der Waals surface area contributed by atoms with Crippen LogP contribution in [0.4, 0.5) is 11.4 Å². The van der Waals surface area contributed by atoms with Gasteiger partial charge >= 0.3 is 0 Å². The zero-order chi connectivity index (χ0) is 15.0. The molecule has 0 saturated heterocycles. The van der Waals surface area contributed by atoms with E-state index in [1.54, 1.807) is 24.3 Å². The summed E-state index contributed by atoms with van der Waals surface area (Å²) in [5.41, 5.74) is 9.98. The second-order valence-corrected chi connectivity index (χ2v) is 5.24. The molecule has 0 spiro atoms. The Balaban J connectivity index is 1.89. The molecule has 21 heavy (non-hydrogen) atoms. The maximum Gasteiger partial charge on any atom is 0.291 e. The van der Waals surface area contributed by atoms with Gasteiger partial charge in [0.05, 0.1) is 0 Å². The predicted octanol–water partition coefficient (Wildman–Crippen LogP) is 3.88. The maximum absolute atomic E-state index is 12.3. The molecule has 1 heterocycles. The van der Waals surface area contributed by atoms with Gasteiger partial charge in [-0.25, -0.2) is 0 Å². The molecule has 4 nitrogen and oxygen atoms in total. The van der Waals surface area contributed by atoms with Crippen molar-refractivity contribution in [2.24, 2.45) is 0 Å². The fraction of sp³-hybridized carbons (Fsp3) is 0.118. The summed E-state index contributed by atoms with van der Waals surface area (Å²) in [5, 5.41) is 3.67. The third-order valence-corrected chi connectivity index (χ3v) is 3.24. The van der Waals surface area contributed by atoms with Crippen molar-refractivity contribution in [3.8, 4) is 0 Å². The van der Waals surface area contributed by atoms with Gasteiger partial charge < -0.3 is 15.5 Å². The van der Waals surface area contributed by atoms with Gasteiger partial charge in [-0.05, 0) is 61.4 Å². The van der Waals surface area contributed by atoms with E-state index < -0.39 is 0 Å². The third kappa shape index (κ3) is 2.74. The normalized spacial score (nSPS) is 10.8. The number of fused-ring (bicyclic) bond motifs is 1. The van der Waals surface area contributed by atoms with Crippen LogP contribution in [0.3, 0.4) is 0 Å². The molecule has 0 unspecified atom stereocenters. The van der Waals surface area contributed by atoms with Gasteiger partial charge in [-0.15, -0.1) is 0 Å². The quantitative estimate of drug-likeness (QED) is 0.700. The van der Waals surface area contributed by atoms with E-state index in [4.69, 9.17) is 10.2 Å². The first kappa shape index (κ1) is 13.2. The number of benzene rings is 2. The minimum absolute atomic E-state index is 0.269. The third-order valence-electron chi connectivity index (χ3n) is 3.24. The Morgan fingerprint density at radius 1 is 1.05 bits per heavy atom. The zero-order valence-corrected chi connectivity index (χ0v) is 11.9. The number of rotatable bonds is 2. The standard InChI is InChI=1S/C17H16N2O2/c1-10-5-11(2)7-14(6-10)19-17(20)16-9-12-8-13(18)3-4-15(12)21-16/h3-9H,18H2,1-2H3,(H,19,20). The van der Waals surface area contributed by atoms with Crippen molar-refractivity contribution in [2.75, 3.05) is 11.1 Å². The average molecular weight is 280 g/mol. The van der Waals surface area contributed by atoms with Crippen molar-refractivity contribution in [3.63, 3.8) is 0 Å². The van der Waals surface area contributed by atoms with Gasteiger partial charge in [-0.3, -0.25) is 4.79 Å². The van der Waals surface area contributed by atoms with Gasteiger partial charge in [-0.2, -0.15) is 0 Å². The van der Waals surface area contributed by atoms with Gasteiger partial charge in [0.1, 0.15) is 5.58 Å². The van der Waals surface area contributed by atoms with Crippen LogP contribution in [0.25, 0.3) is 11.0 Å². The van der Waals surface area contributed by atoms with Crippen molar-refractivity contribution in [1.82, 2.24) is 0 Å². The molecule has 3 N–H and O–H groups in total. The number of nitrogens with two attached hydrogens (primary N) is 1. The number of amides is 1. The molecule has 0 aliphatic rings. The highest BCUT2D eigenvalue weighted by atomic mass is 16.3. The Bertz CT molecular complexity index is 814. The molecule has 0 bridgehead atoms. The van der Waals surface area contributed by atoms with Crippen LogP contribution < -0.4 is 11.1 Å². The summed E-state index contributed by atoms with van der Waals surface area (Å²) in [6, 6.07) is 12.9. The summed E-state index contributed by atoms with van der Waals surface area (Å²) in [7, 11) is 0. The number of anilines is 2. The summed E-state index contributed by atoms with van der Waals surface area (Å²) in [6.45, 7) is 3.99. The summed E-state index contributed by atoms with van der Waals surface area (Å²) >= 11 is 0. The summed E-state index contributed by atoms with van der Waals surface area (Å²) in [5.74, 6) is 0.00420. The summed E-state index contributed by atoms with van der Waals surface area (Å²) in [4.78, 5) is 12.3. The summed E-state index contributed by atoms with van der Waals surface area (Å²) in [6.07, 6.45) is 0. The maximum atomic E-state index is 12.3. The molecular formula is C17H16N2O2. The van der Waals surface area contributed by atoms with E-state index in [0.29, 0.717) is 11.3 Å². The molecule has 1 amide bonds. The summed E-state index contributed by atoms with van der Waals surface area (Å²) < 4.78 is 5.55. The molecule has 106 valence electrons. The van der Waals surface area contributed by atoms with E-state index in [9.17, 15) is 4.79 Å². The minimum Gasteiger partial charge on any atom is -0.451 e. The molecule has 1 aromatic heterocycles. The van der Waals surface area contributed by atoms with Crippen LogP contribution >= 0.6 is 0 Å². The number of hydrogen-bond donors (Lipinski definition) is 2. The van der Waals surface area contributed by atoms with Crippen molar-refractivity contribution in [1.29, 1.82) is 0 Å². The first-order valence-corrected chi connectivity index (χ1v) is 6.70. The van der Waals surface area contributed by atoms with Crippen LogP contribution in [0.1, 0.15) is 21.7 Å². The smallest absolute Gasteiger partial charge is 0.291 e. The lowest BCUT2D eigenvalue weighted by Crippen LogP contribution is -2.11. The highest BCUT2D eigenvalue weighted by molar-refractivity contribution is 6.04. The second-order valence-electron chi connectivity index (χ2n) is 5.24. The number of carbonyl (C=O) groups excluding carboxylic acids is 1. The second kappa shape index (κ2) is 4.98. The topological polar surface area (TPSA) is 68.3 Å². The highest BCUT2D eigenvalue weighted by Gasteiger charge is 2.13. The first-order chi connectivity index (χ1) is 10.0. The minimum atomic E-state index is -0.269. The Labute approximate surface area is 122 Å². The number of carbonyl (C=O) groups is 1. The van der Waals surface area contributed by atoms with Gasteiger partial charge in [0, 0.05) is 16.8 Å². The van der Waals surface area contributed by atoms with Crippen molar-refractivity contribution in [2.45, 2.75) is 13.8 Å². The lowest BCUT2D eigenvalue weighted by Gasteiger charge is -2.05. The SMILES string of the molecule is Cc1cc(C)cc(NC(=O)c2cc3cc(N)ccc3o2)c1. The van der Waals surface area contributed by atoms with Crippen LogP contribution in [0.2, 0.25) is 0 Å². The molecule has 0 atom stereocenters. The monoisotopic (exact) mass is 280 g/mol. The Hall–Kier alpha value is -2.75. The van der Waals surface area contributed by atoms with Gasteiger partial charge in [0.25, 0.3) is 5.91 Å². The molecule has 4 heteroatoms. The lowest BCUT2D eigenvalue weighted by molar-refractivity contribution is 0.0998. The van der Waals surface area contributed by atoms with Gasteiger partial charge in [0.2, 0.25) is 0 Å². The molecule has 2 aromatic carbocycles. The van der Waals surface area contributed by atoms with E-state index in [2.05, 4.69) is 11.4 Å². The Morgan fingerprint density at radius 2 is 1.76 bits per heavy atom. The number of nitrogens with one attached hydrogen (secondary N) is 1. The molecule has 0 aliphatic carbocycles. The van der Waals surface area contributed by atoms with Gasteiger partial charge in [-0.1, -0.05) is 6.07 Å². The van der Waals surface area contributed by atoms with Crippen molar-refractivity contribution in [3.05, 3.63) is 59.4 Å². The molecule has 3 aromatic rings. The van der Waals surface area contributed by atoms with Crippen LogP contribution in [-0.2, 0) is 0 Å². The molecule has 0 radical (unpaired) electrons. The number of nitrogen functional groups attached to an aromatic ring is 1. The van der Waals surface area contributed by atoms with E-state index in [0.717, 1.165) is 22.2 Å². The molecule has 0 fully saturated rings. The molecule has 3 rings (SSSR count). The van der Waals surface area contributed by atoms with E-state index in [1.807, 2.05) is 26.0 Å². The molecular weight excluding hydrogens is 264 g/mol. The molecule has 0 aliphatic heterocycles. The predicted molar refractivity (Wildman–Crippen MR) is 84.5 cm³/mol. The fourth-order valence-corrected chi connectivity index (χ4v) is 2.41. The van der Waals surface area contributed by atoms with E-state index in [1.165, 1.54) is 0 Å². The number of furan rings is 1. The van der Waals surface area contributed by atoms with Crippen LogP contribution in [0, 0.1) is 13.8 Å². The lowest BCUT2D eigenvalue weighted by atomic mass is 10.1. The van der Waals surface area contributed by atoms with Crippen LogP contribution in [0.15, 0.2) is 46.9 Å². The highest BCUT2D eigenvalue weighted by Crippen LogP contribution is 2.23. The Morgan fingerprint density at radius 3 is 2.48 bits per heavy atom. The number of aryl methyl sites for hydroxylation is 2. The Kier molecular flexibility index (Phi) is 3.14. The van der Waals surface area contributed by atoms with Crippen LogP contribution in [0.5, 0.6) is 0 Å². The first-order valence-electron chi connectivity index (χ1n) is 6.70. The largest absolute Gasteiger partial charge is 0.451 e. The van der Waals surface area contributed by atoms with Crippen molar-refractivity contribution >= 4 is 28.3 Å². The van der Waals surface area contributed by atoms with E-state index >= 15 is 0 Å². The molecule has 0 saturated carbocycles. The van der Waals surface area contributed by atoms with E-state index in [-0.39, 0.29) is 11.7 Å². The zero-order valence-electron chi connectivity index (χ0n) is 11.9. The average Bonchev–Trinajstić information content (AvgIpc) is 2.80. The van der Waals surface area contributed by atoms with Gasteiger partial charge in [0.15, 0.2) is 5.76 Å². The van der Waals surface area contributed by atoms with Crippen molar-refractivity contribution < 1.29 is 9.21 Å². The fourth-order valence-electron chi connectivity index (χ4n) is 2.41.